The van der Waals surface area contributed by atoms with Gasteiger partial charge in [0.2, 0.25) is 0 Å². The van der Waals surface area contributed by atoms with Crippen LogP contribution in [0.4, 0.5) is 0 Å². The lowest BCUT2D eigenvalue weighted by Gasteiger charge is -2.29. The first-order valence-electron chi connectivity index (χ1n) is 6.77. The van der Waals surface area contributed by atoms with Gasteiger partial charge >= 0.3 is 0 Å². The normalized spacial score (nSPS) is 12.5. The Morgan fingerprint density at radius 2 is 1.84 bits per heavy atom. The van der Waals surface area contributed by atoms with Gasteiger partial charge in [0, 0.05) is 30.5 Å². The molecule has 108 valence electrons. The van der Waals surface area contributed by atoms with E-state index in [1.807, 2.05) is 12.1 Å². The topological polar surface area (TPSA) is 41.5 Å². The first-order valence-corrected chi connectivity index (χ1v) is 6.77. The van der Waals surface area contributed by atoms with Crippen molar-refractivity contribution >= 4 is 0 Å². The van der Waals surface area contributed by atoms with E-state index in [9.17, 15) is 5.11 Å². The molecular formula is C16H27NO2. The van der Waals surface area contributed by atoms with Gasteiger partial charge in [-0.2, -0.15) is 0 Å². The summed E-state index contributed by atoms with van der Waals surface area (Å²) in [6.45, 7) is 10.4. The number of aliphatic hydroxyl groups is 1. The first-order chi connectivity index (χ1) is 8.80. The smallest absolute Gasteiger partial charge is 0.119 e. The average Bonchev–Trinajstić information content (AvgIpc) is 2.38. The lowest BCUT2D eigenvalue weighted by Crippen LogP contribution is -2.39. The van der Waals surface area contributed by atoms with Gasteiger partial charge in [0.15, 0.2) is 0 Å². The quantitative estimate of drug-likeness (QED) is 0.796. The maximum atomic E-state index is 9.25. The van der Waals surface area contributed by atoms with E-state index >= 15 is 0 Å². The Labute approximate surface area is 117 Å². The molecule has 0 unspecified atom stereocenters. The summed E-state index contributed by atoms with van der Waals surface area (Å²) < 4.78 is 5.27. The minimum atomic E-state index is -0.0789. The Morgan fingerprint density at radius 3 is 2.42 bits per heavy atom. The van der Waals surface area contributed by atoms with Crippen LogP contribution in [0.1, 0.15) is 33.3 Å². The van der Waals surface area contributed by atoms with Crippen molar-refractivity contribution in [2.24, 2.45) is 5.41 Å². The van der Waals surface area contributed by atoms with Crippen molar-refractivity contribution in [1.82, 2.24) is 5.32 Å². The molecule has 19 heavy (non-hydrogen) atoms. The van der Waals surface area contributed by atoms with Crippen molar-refractivity contribution in [3.05, 3.63) is 29.8 Å². The summed E-state index contributed by atoms with van der Waals surface area (Å²) in [7, 11) is 1.69. The molecule has 2 N–H and O–H groups in total. The van der Waals surface area contributed by atoms with Crippen LogP contribution in [0.25, 0.3) is 0 Å². The molecule has 3 nitrogen and oxygen atoms in total. The Balaban J connectivity index is 2.64. The van der Waals surface area contributed by atoms with E-state index in [4.69, 9.17) is 4.74 Å². The van der Waals surface area contributed by atoms with Crippen LogP contribution in [-0.4, -0.2) is 31.9 Å². The molecule has 0 spiro atoms. The van der Waals surface area contributed by atoms with Crippen molar-refractivity contribution in [3.63, 3.8) is 0 Å². The van der Waals surface area contributed by atoms with Crippen LogP contribution >= 0.6 is 0 Å². The van der Waals surface area contributed by atoms with Gasteiger partial charge in [-0.05, 0) is 17.7 Å². The second-order valence-corrected chi connectivity index (χ2v) is 6.54. The lowest BCUT2D eigenvalue weighted by atomic mass is 9.84. The Hall–Kier alpha value is -1.06. The number of rotatable bonds is 7. The number of benzene rings is 1. The molecule has 1 rings (SSSR count). The van der Waals surface area contributed by atoms with Crippen LogP contribution in [0, 0.1) is 5.41 Å². The molecule has 0 fully saturated rings. The highest BCUT2D eigenvalue weighted by Crippen LogP contribution is 2.26. The van der Waals surface area contributed by atoms with Crippen molar-refractivity contribution in [1.29, 1.82) is 0 Å². The monoisotopic (exact) mass is 265 g/mol. The summed E-state index contributed by atoms with van der Waals surface area (Å²) in [5.74, 6) is 0.890. The number of methoxy groups -OCH3 is 1. The molecule has 0 saturated heterocycles. The molecule has 1 aromatic rings. The first kappa shape index (κ1) is 16.0. The highest BCUT2D eigenvalue weighted by molar-refractivity contribution is 5.33. The fourth-order valence-corrected chi connectivity index (χ4v) is 1.92. The Bertz CT molecular complexity index is 399. The second-order valence-electron chi connectivity index (χ2n) is 6.54. The minimum Gasteiger partial charge on any atom is -0.497 e. The number of hydrogen-bond acceptors (Lipinski definition) is 3. The predicted molar refractivity (Wildman–Crippen MR) is 79.8 cm³/mol. The van der Waals surface area contributed by atoms with Gasteiger partial charge in [-0.15, -0.1) is 0 Å². The molecule has 0 aliphatic heterocycles. The Morgan fingerprint density at radius 1 is 1.16 bits per heavy atom. The third-order valence-electron chi connectivity index (χ3n) is 3.45. The summed E-state index contributed by atoms with van der Waals surface area (Å²) in [5.41, 5.74) is 1.20. The third kappa shape index (κ3) is 4.84. The van der Waals surface area contributed by atoms with Crippen LogP contribution < -0.4 is 10.1 Å². The van der Waals surface area contributed by atoms with Gasteiger partial charge in [-0.25, -0.2) is 0 Å². The van der Waals surface area contributed by atoms with E-state index in [1.165, 1.54) is 5.56 Å². The number of nitrogens with one attached hydrogen (secondary N) is 1. The minimum absolute atomic E-state index is 0.0279. The van der Waals surface area contributed by atoms with E-state index in [2.05, 4.69) is 45.1 Å². The summed E-state index contributed by atoms with van der Waals surface area (Å²) in [6, 6.07) is 8.19. The molecule has 0 amide bonds. The predicted octanol–water partition coefficient (Wildman–Crippen LogP) is 2.58. The van der Waals surface area contributed by atoms with E-state index in [-0.39, 0.29) is 17.4 Å². The summed E-state index contributed by atoms with van der Waals surface area (Å²) in [4.78, 5) is 0. The molecule has 0 aliphatic carbocycles. The van der Waals surface area contributed by atoms with Gasteiger partial charge in [0.1, 0.15) is 5.75 Å². The van der Waals surface area contributed by atoms with Gasteiger partial charge in [-0.3, -0.25) is 0 Å². The maximum Gasteiger partial charge on any atom is 0.119 e. The largest absolute Gasteiger partial charge is 0.497 e. The van der Waals surface area contributed by atoms with E-state index < -0.39 is 0 Å². The van der Waals surface area contributed by atoms with Crippen molar-refractivity contribution in [3.8, 4) is 5.75 Å². The van der Waals surface area contributed by atoms with Crippen LogP contribution in [0.15, 0.2) is 24.3 Å². The van der Waals surface area contributed by atoms with Crippen molar-refractivity contribution in [2.45, 2.75) is 33.1 Å². The van der Waals surface area contributed by atoms with Crippen LogP contribution in [0.2, 0.25) is 0 Å². The molecule has 0 aliphatic rings. The maximum absolute atomic E-state index is 9.25. The van der Waals surface area contributed by atoms with E-state index in [0.29, 0.717) is 0 Å². The van der Waals surface area contributed by atoms with Crippen LogP contribution in [-0.2, 0) is 5.41 Å². The highest BCUT2D eigenvalue weighted by Gasteiger charge is 2.23. The summed E-state index contributed by atoms with van der Waals surface area (Å²) in [6.07, 6.45) is 0. The zero-order chi connectivity index (χ0) is 14.5. The number of ether oxygens (including phenoxy) is 1. The molecule has 0 aromatic heterocycles. The lowest BCUT2D eigenvalue weighted by molar-refractivity contribution is 0.155. The van der Waals surface area contributed by atoms with E-state index in [1.54, 1.807) is 7.11 Å². The molecule has 1 aromatic carbocycles. The number of hydrogen-bond donors (Lipinski definition) is 2. The molecule has 0 bridgehead atoms. The van der Waals surface area contributed by atoms with Crippen molar-refractivity contribution in [2.75, 3.05) is 26.8 Å². The SMILES string of the molecule is COc1cccc(C(C)(C)CNCC(C)(C)CO)c1. The standard InChI is InChI=1S/C16H27NO2/c1-15(2,12-18)10-17-11-16(3,4)13-7-6-8-14(9-13)19-5/h6-9,17-18H,10-12H2,1-5H3. The molecule has 3 heteroatoms. The van der Waals surface area contributed by atoms with Crippen LogP contribution in [0.3, 0.4) is 0 Å². The van der Waals surface area contributed by atoms with Crippen molar-refractivity contribution < 1.29 is 9.84 Å². The fourth-order valence-electron chi connectivity index (χ4n) is 1.92. The summed E-state index contributed by atoms with van der Waals surface area (Å²) in [5, 5.41) is 12.7. The zero-order valence-electron chi connectivity index (χ0n) is 12.8. The zero-order valence-corrected chi connectivity index (χ0v) is 12.8. The molecule has 0 saturated carbocycles. The van der Waals surface area contributed by atoms with Crippen LogP contribution in [0.5, 0.6) is 5.75 Å². The third-order valence-corrected chi connectivity index (χ3v) is 3.45. The molecule has 0 atom stereocenters. The Kier molecular flexibility index (Phi) is 5.39. The second kappa shape index (κ2) is 6.40. The highest BCUT2D eigenvalue weighted by atomic mass is 16.5. The number of aliphatic hydroxyl groups excluding tert-OH is 1. The molecule has 0 heterocycles. The van der Waals surface area contributed by atoms with Gasteiger partial charge in [0.05, 0.1) is 7.11 Å². The average molecular weight is 265 g/mol. The van der Waals surface area contributed by atoms with Gasteiger partial charge < -0.3 is 15.2 Å². The van der Waals surface area contributed by atoms with Gasteiger partial charge in [-0.1, -0.05) is 39.8 Å². The fraction of sp³-hybridized carbons (Fsp3) is 0.625. The van der Waals surface area contributed by atoms with Gasteiger partial charge in [0.25, 0.3) is 0 Å². The molecular weight excluding hydrogens is 238 g/mol. The molecule has 0 radical (unpaired) electrons. The van der Waals surface area contributed by atoms with E-state index in [0.717, 1.165) is 18.8 Å². The summed E-state index contributed by atoms with van der Waals surface area (Å²) >= 11 is 0.